The molecule has 110 valence electrons. The average molecular weight is 399 g/mol. The Labute approximate surface area is 137 Å². The van der Waals surface area contributed by atoms with Crippen LogP contribution in [0.1, 0.15) is 25.0 Å². The Balaban J connectivity index is 2.28. The number of nitrogens with zero attached hydrogens (tertiary/aromatic N) is 1. The van der Waals surface area contributed by atoms with E-state index in [4.69, 9.17) is 4.74 Å². The van der Waals surface area contributed by atoms with Crippen LogP contribution < -0.4 is 4.74 Å². The summed E-state index contributed by atoms with van der Waals surface area (Å²) in [6.45, 7) is 3.79. The summed E-state index contributed by atoms with van der Waals surface area (Å²) in [6.07, 6.45) is 0.811. The van der Waals surface area contributed by atoms with Gasteiger partial charge in [0.15, 0.2) is 23.1 Å². The fraction of sp³-hybridized carbons (Fsp3) is 0.188. The van der Waals surface area contributed by atoms with Crippen molar-refractivity contribution in [1.82, 2.24) is 0 Å². The number of ether oxygens (including phenoxy) is 1. The number of phenols is 1. The van der Waals surface area contributed by atoms with Gasteiger partial charge in [-0.25, -0.2) is 7.60 Å². The fourth-order valence-corrected chi connectivity index (χ4v) is 2.12. The highest BCUT2D eigenvalue weighted by molar-refractivity contribution is 14.1. The van der Waals surface area contributed by atoms with Crippen LogP contribution in [0.3, 0.4) is 0 Å². The summed E-state index contributed by atoms with van der Waals surface area (Å²) >= 11 is 1.87. The lowest BCUT2D eigenvalue weighted by Gasteiger charge is -2.10. The Bertz CT molecular complexity index is 686. The van der Waals surface area contributed by atoms with Crippen molar-refractivity contribution in [2.45, 2.75) is 20.3 Å². The molecule has 0 fully saturated rings. The highest BCUT2D eigenvalue weighted by Crippen LogP contribution is 2.33. The Hall–Kier alpha value is -1.63. The van der Waals surface area contributed by atoms with Gasteiger partial charge < -0.3 is 9.84 Å². The van der Waals surface area contributed by atoms with Crippen LogP contribution in [0.25, 0.3) is 0 Å². The first-order valence-electron chi connectivity index (χ1n) is 6.50. The van der Waals surface area contributed by atoms with E-state index in [1.54, 1.807) is 25.1 Å². The molecule has 0 aliphatic heterocycles. The average Bonchev–Trinajstić information content (AvgIpc) is 2.50. The fourth-order valence-electron chi connectivity index (χ4n) is 1.85. The number of phenolic OH excluding ortho intramolecular Hbond substituents is 1. The molecule has 3 nitrogen and oxygen atoms in total. The summed E-state index contributed by atoms with van der Waals surface area (Å²) in [6, 6.07) is 9.72. The van der Waals surface area contributed by atoms with E-state index in [1.807, 2.05) is 35.9 Å². The van der Waals surface area contributed by atoms with E-state index in [1.165, 1.54) is 12.1 Å². The summed E-state index contributed by atoms with van der Waals surface area (Å²) in [5.74, 6) is -0.189. The van der Waals surface area contributed by atoms with Gasteiger partial charge in [-0.15, -0.1) is 0 Å². The van der Waals surface area contributed by atoms with E-state index in [-0.39, 0.29) is 17.2 Å². The molecule has 1 N–H and O–H groups in total. The molecule has 0 aromatic heterocycles. The van der Waals surface area contributed by atoms with Crippen molar-refractivity contribution in [2.24, 2.45) is 3.21 Å². The van der Waals surface area contributed by atoms with Crippen LogP contribution in [0, 0.1) is 5.82 Å². The van der Waals surface area contributed by atoms with Gasteiger partial charge in [-0.3, -0.25) is 0 Å². The third-order valence-corrected chi connectivity index (χ3v) is 3.85. The van der Waals surface area contributed by atoms with E-state index in [9.17, 15) is 9.50 Å². The van der Waals surface area contributed by atoms with Crippen molar-refractivity contribution < 1.29 is 14.2 Å². The second-order valence-corrected chi connectivity index (χ2v) is 5.06. The zero-order valence-electron chi connectivity index (χ0n) is 11.7. The highest BCUT2D eigenvalue weighted by atomic mass is 127. The van der Waals surface area contributed by atoms with Crippen LogP contribution in [0.2, 0.25) is 0 Å². The van der Waals surface area contributed by atoms with Gasteiger partial charge >= 0.3 is 0 Å². The van der Waals surface area contributed by atoms with Crippen molar-refractivity contribution >= 4 is 28.6 Å². The Morgan fingerprint density at radius 1 is 1.24 bits per heavy atom. The minimum absolute atomic E-state index is 0.00262. The van der Waals surface area contributed by atoms with Gasteiger partial charge in [-0.05, 0) is 54.8 Å². The highest BCUT2D eigenvalue weighted by Gasteiger charge is 2.10. The predicted octanol–water partition coefficient (Wildman–Crippen LogP) is 5.05. The van der Waals surface area contributed by atoms with Gasteiger partial charge in [0, 0.05) is 0 Å². The zero-order valence-corrected chi connectivity index (χ0v) is 13.9. The monoisotopic (exact) mass is 399 g/mol. The van der Waals surface area contributed by atoms with Crippen LogP contribution in [0.4, 0.5) is 4.39 Å². The third-order valence-electron chi connectivity index (χ3n) is 3.13. The van der Waals surface area contributed by atoms with Gasteiger partial charge in [0.05, 0.1) is 28.6 Å². The van der Waals surface area contributed by atoms with Crippen molar-refractivity contribution in [2.75, 3.05) is 0 Å². The SMILES string of the molecule is CCc1ccc(Oc2ccc(/C(C)=N/I)cc2F)c(O)c1. The molecule has 0 saturated carbocycles. The number of aryl methyl sites for hydroxylation is 1. The molecule has 0 bridgehead atoms. The van der Waals surface area contributed by atoms with Crippen LogP contribution in [0.15, 0.2) is 39.6 Å². The van der Waals surface area contributed by atoms with Gasteiger partial charge in [0.1, 0.15) is 0 Å². The molecule has 0 amide bonds. The van der Waals surface area contributed by atoms with Crippen LogP contribution in [0.5, 0.6) is 17.2 Å². The van der Waals surface area contributed by atoms with Gasteiger partial charge in [-0.2, -0.15) is 0 Å². The first-order valence-corrected chi connectivity index (χ1v) is 7.47. The van der Waals surface area contributed by atoms with Crippen LogP contribution in [-0.4, -0.2) is 10.8 Å². The minimum Gasteiger partial charge on any atom is -0.504 e. The number of aromatic hydroxyl groups is 1. The van der Waals surface area contributed by atoms with E-state index in [0.29, 0.717) is 5.56 Å². The number of hydrogen-bond acceptors (Lipinski definition) is 3. The lowest BCUT2D eigenvalue weighted by atomic mass is 10.1. The molecule has 2 rings (SSSR count). The number of benzene rings is 2. The second kappa shape index (κ2) is 6.89. The zero-order chi connectivity index (χ0) is 15.4. The molecule has 0 atom stereocenters. The van der Waals surface area contributed by atoms with E-state index >= 15 is 0 Å². The predicted molar refractivity (Wildman–Crippen MR) is 90.2 cm³/mol. The Morgan fingerprint density at radius 2 is 1.95 bits per heavy atom. The summed E-state index contributed by atoms with van der Waals surface area (Å²) in [7, 11) is 0. The summed E-state index contributed by atoms with van der Waals surface area (Å²) < 4.78 is 23.5. The molecule has 2 aromatic carbocycles. The molecular formula is C16H15FINO2. The van der Waals surface area contributed by atoms with E-state index < -0.39 is 5.82 Å². The van der Waals surface area contributed by atoms with Gasteiger partial charge in [0.25, 0.3) is 0 Å². The Kier molecular flexibility index (Phi) is 5.17. The maximum atomic E-state index is 14.0. The number of rotatable bonds is 4. The molecule has 0 heterocycles. The van der Waals surface area contributed by atoms with Crippen molar-refractivity contribution in [3.05, 3.63) is 53.3 Å². The van der Waals surface area contributed by atoms with Crippen molar-refractivity contribution in [3.63, 3.8) is 0 Å². The summed E-state index contributed by atoms with van der Waals surface area (Å²) in [5.41, 5.74) is 2.42. The second-order valence-electron chi connectivity index (χ2n) is 4.57. The van der Waals surface area contributed by atoms with Crippen LogP contribution >= 0.6 is 22.9 Å². The molecule has 0 radical (unpaired) electrons. The minimum atomic E-state index is -0.495. The first-order chi connectivity index (χ1) is 10.0. The quantitative estimate of drug-likeness (QED) is 0.578. The molecular weight excluding hydrogens is 384 g/mol. The molecule has 0 spiro atoms. The van der Waals surface area contributed by atoms with E-state index in [2.05, 4.69) is 3.21 Å². The molecule has 2 aromatic rings. The first kappa shape index (κ1) is 15.8. The lowest BCUT2D eigenvalue weighted by molar-refractivity contribution is 0.395. The Morgan fingerprint density at radius 3 is 2.52 bits per heavy atom. The topological polar surface area (TPSA) is 41.8 Å². The molecule has 5 heteroatoms. The molecule has 21 heavy (non-hydrogen) atoms. The lowest BCUT2D eigenvalue weighted by Crippen LogP contribution is -1.96. The van der Waals surface area contributed by atoms with Gasteiger partial charge in [0.2, 0.25) is 0 Å². The smallest absolute Gasteiger partial charge is 0.169 e. The largest absolute Gasteiger partial charge is 0.504 e. The van der Waals surface area contributed by atoms with Crippen molar-refractivity contribution in [3.8, 4) is 17.2 Å². The van der Waals surface area contributed by atoms with Gasteiger partial charge in [-0.1, -0.05) is 13.0 Å². The molecule has 0 aliphatic carbocycles. The third kappa shape index (κ3) is 3.72. The maximum absolute atomic E-state index is 14.0. The standard InChI is InChI=1S/C16H15FINO2/c1-3-11-4-6-16(14(20)8-11)21-15-7-5-12(9-13(15)17)10(2)19-18/h4-9,20H,3H2,1-2H3/b19-10+. The summed E-state index contributed by atoms with van der Waals surface area (Å²) in [4.78, 5) is 0. The molecule has 0 aliphatic rings. The van der Waals surface area contributed by atoms with Crippen molar-refractivity contribution in [1.29, 1.82) is 0 Å². The molecule has 0 saturated heterocycles. The van der Waals surface area contributed by atoms with E-state index in [0.717, 1.165) is 17.7 Å². The maximum Gasteiger partial charge on any atom is 0.169 e. The summed E-state index contributed by atoms with van der Waals surface area (Å²) in [5, 5.41) is 9.89. The number of hydrogen-bond donors (Lipinski definition) is 1. The number of halogens is 2. The molecule has 0 unspecified atom stereocenters. The normalized spacial score (nSPS) is 11.5. The van der Waals surface area contributed by atoms with Crippen LogP contribution in [-0.2, 0) is 6.42 Å².